The Balaban J connectivity index is 1.47. The minimum absolute atomic E-state index is 0.0324. The summed E-state index contributed by atoms with van der Waals surface area (Å²) in [6.07, 6.45) is 5.00. The molecule has 9 atom stereocenters. The van der Waals surface area contributed by atoms with Crippen molar-refractivity contribution < 1.29 is 29.3 Å². The Morgan fingerprint density at radius 3 is 2.48 bits per heavy atom. The number of hydrogen-bond donors (Lipinski definition) is 3. The second-order valence-electron chi connectivity index (χ2n) is 11.6. The van der Waals surface area contributed by atoms with Crippen LogP contribution in [-0.4, -0.2) is 44.7 Å². The van der Waals surface area contributed by atoms with Gasteiger partial charge in [-0.2, -0.15) is 0 Å². The number of aliphatic hydroxyl groups is 3. The van der Waals surface area contributed by atoms with Crippen molar-refractivity contribution in [3.63, 3.8) is 0 Å². The van der Waals surface area contributed by atoms with Crippen LogP contribution in [0.15, 0.2) is 27.6 Å². The number of fused-ring (bicyclic) bond motifs is 5. The van der Waals surface area contributed by atoms with Crippen molar-refractivity contribution in [3.05, 3.63) is 34.4 Å². The van der Waals surface area contributed by atoms with Crippen molar-refractivity contribution in [1.29, 1.82) is 0 Å². The van der Waals surface area contributed by atoms with Crippen LogP contribution in [0.5, 0.6) is 0 Å². The molecule has 4 fully saturated rings. The van der Waals surface area contributed by atoms with Crippen LogP contribution in [0, 0.1) is 22.7 Å². The van der Waals surface area contributed by atoms with E-state index in [4.69, 9.17) is 9.15 Å². The van der Waals surface area contributed by atoms with Gasteiger partial charge in [-0.3, -0.25) is 4.79 Å². The molecule has 5 rings (SSSR count). The van der Waals surface area contributed by atoms with E-state index in [-0.39, 0.29) is 28.8 Å². The second kappa shape index (κ2) is 7.40. The van der Waals surface area contributed by atoms with E-state index in [1.165, 1.54) is 19.3 Å². The van der Waals surface area contributed by atoms with E-state index in [1.807, 2.05) is 13.0 Å². The number of ether oxygens (including phenoxy) is 1. The Morgan fingerprint density at radius 2 is 1.82 bits per heavy atom. The average molecular weight is 461 g/mol. The monoisotopic (exact) mass is 460 g/mol. The van der Waals surface area contributed by atoms with Gasteiger partial charge in [-0.15, -0.1) is 0 Å². The zero-order valence-electron chi connectivity index (χ0n) is 19.8. The highest BCUT2D eigenvalue weighted by Crippen LogP contribution is 2.71. The molecule has 3 N–H and O–H groups in total. The van der Waals surface area contributed by atoms with Crippen LogP contribution in [0.3, 0.4) is 0 Å². The lowest BCUT2D eigenvalue weighted by atomic mass is 9.41. The lowest BCUT2D eigenvalue weighted by Gasteiger charge is -2.67. The van der Waals surface area contributed by atoms with E-state index < -0.39 is 34.8 Å². The molecule has 0 amide bonds. The Bertz CT molecular complexity index is 984. The third-order valence-electron chi connectivity index (χ3n) is 10.5. The molecule has 4 aliphatic carbocycles. The summed E-state index contributed by atoms with van der Waals surface area (Å²) in [5, 5.41) is 35.4. The van der Waals surface area contributed by atoms with Gasteiger partial charge in [-0.05, 0) is 67.9 Å². The summed E-state index contributed by atoms with van der Waals surface area (Å²) >= 11 is 0. The average Bonchev–Trinajstić information content (AvgIpc) is 3.01. The molecular formula is C26H36O7. The van der Waals surface area contributed by atoms with Crippen LogP contribution in [0.25, 0.3) is 0 Å². The lowest BCUT2D eigenvalue weighted by Crippen LogP contribution is -2.71. The maximum absolute atomic E-state index is 12.3. The van der Waals surface area contributed by atoms with Crippen LogP contribution in [0.4, 0.5) is 0 Å². The summed E-state index contributed by atoms with van der Waals surface area (Å²) < 4.78 is 10.5. The van der Waals surface area contributed by atoms with E-state index in [0.717, 1.165) is 24.8 Å². The van der Waals surface area contributed by atoms with Crippen molar-refractivity contribution in [2.24, 2.45) is 22.7 Å². The predicted molar refractivity (Wildman–Crippen MR) is 119 cm³/mol. The number of esters is 1. The molecule has 1 aromatic rings. The van der Waals surface area contributed by atoms with Crippen LogP contribution in [0.2, 0.25) is 0 Å². The minimum atomic E-state index is -1.14. The first kappa shape index (κ1) is 23.1. The van der Waals surface area contributed by atoms with Gasteiger partial charge in [-0.1, -0.05) is 13.8 Å². The van der Waals surface area contributed by atoms with Gasteiger partial charge in [0.05, 0.1) is 23.6 Å². The number of rotatable bonds is 2. The molecule has 4 aliphatic rings. The van der Waals surface area contributed by atoms with Crippen LogP contribution >= 0.6 is 0 Å². The van der Waals surface area contributed by atoms with Gasteiger partial charge in [-0.25, -0.2) is 4.79 Å². The van der Waals surface area contributed by atoms with E-state index in [1.54, 1.807) is 0 Å². The first-order valence-electron chi connectivity index (χ1n) is 12.3. The largest absolute Gasteiger partial charge is 0.462 e. The molecule has 0 spiro atoms. The molecule has 4 saturated carbocycles. The Hall–Kier alpha value is -1.70. The zero-order chi connectivity index (χ0) is 23.8. The van der Waals surface area contributed by atoms with Gasteiger partial charge in [0.2, 0.25) is 0 Å². The fourth-order valence-electron chi connectivity index (χ4n) is 8.68. The molecule has 7 heteroatoms. The zero-order valence-corrected chi connectivity index (χ0v) is 19.8. The van der Waals surface area contributed by atoms with Gasteiger partial charge in [0.25, 0.3) is 0 Å². The Labute approximate surface area is 194 Å². The molecule has 0 radical (unpaired) electrons. The summed E-state index contributed by atoms with van der Waals surface area (Å²) in [5.74, 6) is -0.382. The third kappa shape index (κ3) is 3.04. The first-order chi connectivity index (χ1) is 15.4. The Morgan fingerprint density at radius 1 is 1.09 bits per heavy atom. The molecule has 0 aromatic carbocycles. The van der Waals surface area contributed by atoms with E-state index >= 15 is 0 Å². The van der Waals surface area contributed by atoms with Gasteiger partial charge < -0.3 is 24.5 Å². The first-order valence-corrected chi connectivity index (χ1v) is 12.3. The maximum atomic E-state index is 12.3. The van der Waals surface area contributed by atoms with E-state index in [9.17, 15) is 24.9 Å². The summed E-state index contributed by atoms with van der Waals surface area (Å²) in [4.78, 5) is 23.0. The van der Waals surface area contributed by atoms with Crippen molar-refractivity contribution in [3.8, 4) is 0 Å². The second-order valence-corrected chi connectivity index (χ2v) is 11.6. The Kier molecular flexibility index (Phi) is 5.17. The van der Waals surface area contributed by atoms with Crippen molar-refractivity contribution >= 4 is 5.97 Å². The molecule has 9 unspecified atom stereocenters. The van der Waals surface area contributed by atoms with Crippen molar-refractivity contribution in [1.82, 2.24) is 0 Å². The van der Waals surface area contributed by atoms with E-state index in [0.29, 0.717) is 32.1 Å². The van der Waals surface area contributed by atoms with Gasteiger partial charge in [0.1, 0.15) is 6.10 Å². The summed E-state index contributed by atoms with van der Waals surface area (Å²) in [6.45, 7) is 5.49. The fourth-order valence-corrected chi connectivity index (χ4v) is 8.68. The minimum Gasteiger partial charge on any atom is -0.462 e. The van der Waals surface area contributed by atoms with Crippen LogP contribution in [0.1, 0.15) is 83.6 Å². The molecule has 182 valence electrons. The summed E-state index contributed by atoms with van der Waals surface area (Å²) in [5.41, 5.74) is -2.64. The predicted octanol–water partition coefficient (Wildman–Crippen LogP) is 2.90. The summed E-state index contributed by atoms with van der Waals surface area (Å²) in [6, 6.07) is 3.27. The highest BCUT2D eigenvalue weighted by molar-refractivity contribution is 5.66. The fraction of sp³-hybridized carbons (Fsp3) is 0.769. The molecule has 0 saturated heterocycles. The summed E-state index contributed by atoms with van der Waals surface area (Å²) in [7, 11) is 0. The van der Waals surface area contributed by atoms with Crippen molar-refractivity contribution in [2.75, 3.05) is 0 Å². The van der Waals surface area contributed by atoms with Gasteiger partial charge >= 0.3 is 11.6 Å². The van der Waals surface area contributed by atoms with Crippen LogP contribution < -0.4 is 5.63 Å². The van der Waals surface area contributed by atoms with Crippen molar-refractivity contribution in [2.45, 2.75) is 101 Å². The molecule has 0 aliphatic heterocycles. The topological polar surface area (TPSA) is 117 Å². The standard InChI is InChI=1S/C26H36O7/c1-15(27)33-17-12-21(28)24(3)19-6-9-23(2)18(16-4-5-22(29)32-14-16)8-11-26(23,31)20(19)7-10-25(24,30)13-17/h4-5,14,17-21,28,30-31H,6-13H2,1-3H3. The molecule has 0 bridgehead atoms. The molecular weight excluding hydrogens is 424 g/mol. The number of hydrogen-bond acceptors (Lipinski definition) is 7. The van der Waals surface area contributed by atoms with Gasteiger partial charge in [0, 0.05) is 36.7 Å². The number of aliphatic hydroxyl groups excluding tert-OH is 1. The normalized spacial score (nSPS) is 49.0. The van der Waals surface area contributed by atoms with Gasteiger partial charge in [0.15, 0.2) is 0 Å². The smallest absolute Gasteiger partial charge is 0.335 e. The highest BCUT2D eigenvalue weighted by atomic mass is 16.5. The molecule has 1 heterocycles. The molecule has 33 heavy (non-hydrogen) atoms. The maximum Gasteiger partial charge on any atom is 0.335 e. The van der Waals surface area contributed by atoms with Crippen LogP contribution in [-0.2, 0) is 9.53 Å². The third-order valence-corrected chi connectivity index (χ3v) is 10.5. The lowest BCUT2D eigenvalue weighted by molar-refractivity contribution is -0.282. The molecule has 1 aromatic heterocycles. The molecule has 7 nitrogen and oxygen atoms in total. The quantitative estimate of drug-likeness (QED) is 0.581. The highest BCUT2D eigenvalue weighted by Gasteiger charge is 2.71. The number of carbonyl (C=O) groups is 1. The van der Waals surface area contributed by atoms with E-state index in [2.05, 4.69) is 6.92 Å². The number of carbonyl (C=O) groups excluding carboxylic acids is 1. The SMILES string of the molecule is CC(=O)OC1CC(O)C2(C)C3CCC4(C)C(c5ccc(=O)oc5)CCC4(O)C3CCC2(O)C1.